The largest absolute Gasteiger partial charge is 0.456 e. The first-order valence-corrected chi connectivity index (χ1v) is 12.4. The summed E-state index contributed by atoms with van der Waals surface area (Å²) in [6.07, 6.45) is 0. The molecule has 0 unspecified atom stereocenters. The maximum atomic E-state index is 9.38. The Morgan fingerprint density at radius 1 is 0.385 bits per heavy atom. The molecule has 0 aliphatic rings. The second-order valence-corrected chi connectivity index (χ2v) is 9.26. The van der Waals surface area contributed by atoms with E-state index in [9.17, 15) is 2.74 Å². The van der Waals surface area contributed by atoms with Gasteiger partial charge in [-0.2, -0.15) is 0 Å². The summed E-state index contributed by atoms with van der Waals surface area (Å²) in [6, 6.07) is 20.2. The molecule has 0 N–H and O–H groups in total. The highest BCUT2D eigenvalue weighted by molar-refractivity contribution is 6.22. The van der Waals surface area contributed by atoms with Gasteiger partial charge in [-0.25, -0.2) is 0 Å². The number of fused-ring (bicyclic) bond motifs is 5. The first kappa shape index (κ1) is 13.6. The molecule has 0 aliphatic heterocycles. The van der Waals surface area contributed by atoms with Gasteiger partial charge in [-0.15, -0.1) is 0 Å². The van der Waals surface area contributed by atoms with Crippen molar-refractivity contribution in [2.45, 2.75) is 0 Å². The minimum atomic E-state index is -0.529. The van der Waals surface area contributed by atoms with E-state index >= 15 is 0 Å². The molecule has 182 valence electrons. The molecule has 8 rings (SSSR count). The molecule has 0 amide bonds. The second-order valence-electron chi connectivity index (χ2n) is 9.26. The zero-order valence-corrected chi connectivity index (χ0v) is 20.4. The van der Waals surface area contributed by atoms with Gasteiger partial charge in [0.15, 0.2) is 0 Å². The number of hydrogen-bond acceptors (Lipinski definition) is 1. The molecular formula is C38H24O. The van der Waals surface area contributed by atoms with Crippen LogP contribution in [0.2, 0.25) is 0 Å². The Bertz CT molecular complexity index is 2680. The molecule has 0 saturated heterocycles. The summed E-state index contributed by atoms with van der Waals surface area (Å²) in [5.41, 5.74) is 3.14. The summed E-state index contributed by atoms with van der Waals surface area (Å²) < 4.78 is 101. The van der Waals surface area contributed by atoms with Gasteiger partial charge in [0, 0.05) is 10.8 Å². The fourth-order valence-electron chi connectivity index (χ4n) is 5.35. The lowest BCUT2D eigenvalue weighted by molar-refractivity contribution is 0.669. The van der Waals surface area contributed by atoms with Gasteiger partial charge >= 0.3 is 0 Å². The first-order valence-electron chi connectivity index (χ1n) is 17.9. The zero-order valence-electron chi connectivity index (χ0n) is 31.4. The quantitative estimate of drug-likeness (QED) is 0.217. The fraction of sp³-hybridized carbons (Fsp3) is 0. The molecule has 7 aromatic carbocycles. The van der Waals surface area contributed by atoms with Crippen molar-refractivity contribution in [2.24, 2.45) is 0 Å². The van der Waals surface area contributed by atoms with Crippen LogP contribution in [-0.2, 0) is 0 Å². The van der Waals surface area contributed by atoms with Crippen molar-refractivity contribution in [2.75, 3.05) is 0 Å². The van der Waals surface area contributed by atoms with E-state index in [2.05, 4.69) is 0 Å². The van der Waals surface area contributed by atoms with E-state index < -0.39 is 36.3 Å². The molecule has 8 aromatic rings. The highest BCUT2D eigenvalue weighted by atomic mass is 16.3. The van der Waals surface area contributed by atoms with Gasteiger partial charge in [0.05, 0.1) is 15.1 Å². The van der Waals surface area contributed by atoms with Gasteiger partial charge in [-0.1, -0.05) is 127 Å². The van der Waals surface area contributed by atoms with Crippen LogP contribution in [0.4, 0.5) is 0 Å². The van der Waals surface area contributed by atoms with E-state index in [1.807, 2.05) is 54.6 Å². The van der Waals surface area contributed by atoms with E-state index in [4.69, 9.17) is 16.8 Å². The normalized spacial score (nSPS) is 15.5. The standard InChI is InChI=1S/C38H24O/c1-2-10-25(11-3-1)26-18-20-27(21-19-26)37-31-13-4-6-15-33(31)38(34-16-7-5-14-32(34)37)28-22-23-30-29-12-8-9-17-35(29)39-36(30)24-28/h1-24H/i4D,5D,6D,7D,8D,9D,12D,17D,22D,23D,24D. The summed E-state index contributed by atoms with van der Waals surface area (Å²) in [7, 11) is 0. The van der Waals surface area contributed by atoms with Crippen molar-refractivity contribution in [3.05, 3.63) is 145 Å². The third kappa shape index (κ3) is 3.48. The topological polar surface area (TPSA) is 13.1 Å². The van der Waals surface area contributed by atoms with Crippen molar-refractivity contribution >= 4 is 43.5 Å². The highest BCUT2D eigenvalue weighted by Crippen LogP contribution is 2.44. The van der Waals surface area contributed by atoms with Crippen LogP contribution >= 0.6 is 0 Å². The fourth-order valence-corrected chi connectivity index (χ4v) is 5.35. The van der Waals surface area contributed by atoms with Crippen LogP contribution in [0.5, 0.6) is 0 Å². The monoisotopic (exact) mass is 507 g/mol. The third-order valence-electron chi connectivity index (χ3n) is 7.11. The lowest BCUT2D eigenvalue weighted by atomic mass is 9.85. The van der Waals surface area contributed by atoms with Crippen LogP contribution in [0.1, 0.15) is 15.1 Å². The Morgan fingerprint density at radius 3 is 1.59 bits per heavy atom. The number of hydrogen-bond donors (Lipinski definition) is 0. The molecular weight excluding hydrogens is 472 g/mol. The average molecular weight is 508 g/mol. The molecule has 39 heavy (non-hydrogen) atoms. The molecule has 0 atom stereocenters. The molecule has 0 aliphatic carbocycles. The predicted octanol–water partition coefficient (Wildman–Crippen LogP) is 10.9. The SMILES string of the molecule is [2H]c1cc2c(-c3ccc(-c4ccccc4)cc3)c3cc([2H])c([2H])cc3c(-c3c([2H])c([2H])c4c(oc5c([2H])c([2H])c([2H])c([2H])c54)c3[2H])c2cc1[2H]. The molecule has 1 heterocycles. The summed E-state index contributed by atoms with van der Waals surface area (Å²) >= 11 is 0. The van der Waals surface area contributed by atoms with Crippen LogP contribution < -0.4 is 0 Å². The highest BCUT2D eigenvalue weighted by Gasteiger charge is 2.17. The van der Waals surface area contributed by atoms with Crippen molar-refractivity contribution in [1.29, 1.82) is 0 Å². The van der Waals surface area contributed by atoms with Crippen molar-refractivity contribution < 1.29 is 19.5 Å². The first-order chi connectivity index (χ1) is 23.9. The lowest BCUT2D eigenvalue weighted by Crippen LogP contribution is -1.91. The van der Waals surface area contributed by atoms with Crippen LogP contribution in [0.15, 0.2) is 150 Å². The Labute approximate surface area is 242 Å². The molecule has 0 fully saturated rings. The molecule has 0 spiro atoms. The minimum absolute atomic E-state index is 0.0629. The van der Waals surface area contributed by atoms with Gasteiger partial charge in [0.2, 0.25) is 0 Å². The van der Waals surface area contributed by atoms with Gasteiger partial charge < -0.3 is 4.42 Å². The van der Waals surface area contributed by atoms with E-state index in [0.717, 1.165) is 16.7 Å². The van der Waals surface area contributed by atoms with Crippen LogP contribution in [-0.4, -0.2) is 0 Å². The Balaban J connectivity index is 1.53. The number of rotatable bonds is 3. The van der Waals surface area contributed by atoms with Crippen molar-refractivity contribution in [3.8, 4) is 33.4 Å². The van der Waals surface area contributed by atoms with Crippen LogP contribution in [0.25, 0.3) is 76.9 Å². The van der Waals surface area contributed by atoms with Crippen LogP contribution in [0.3, 0.4) is 0 Å². The summed E-state index contributed by atoms with van der Waals surface area (Å²) in [6.45, 7) is 0. The minimum Gasteiger partial charge on any atom is -0.456 e. The maximum Gasteiger partial charge on any atom is 0.136 e. The molecule has 0 radical (unpaired) electrons. The number of furan rings is 1. The lowest BCUT2D eigenvalue weighted by Gasteiger charge is -2.18. The van der Waals surface area contributed by atoms with Gasteiger partial charge in [-0.05, 0) is 73.1 Å². The molecule has 1 aromatic heterocycles. The zero-order chi connectivity index (χ0) is 35.3. The van der Waals surface area contributed by atoms with Gasteiger partial charge in [0.1, 0.15) is 11.2 Å². The molecule has 1 heteroatoms. The smallest absolute Gasteiger partial charge is 0.136 e. The second kappa shape index (κ2) is 8.72. The molecule has 0 saturated carbocycles. The van der Waals surface area contributed by atoms with Gasteiger partial charge in [-0.3, -0.25) is 0 Å². The summed E-state index contributed by atoms with van der Waals surface area (Å²) in [4.78, 5) is 0. The maximum absolute atomic E-state index is 9.38. The van der Waals surface area contributed by atoms with E-state index in [1.54, 1.807) is 0 Å². The number of benzene rings is 7. The molecule has 1 nitrogen and oxygen atoms in total. The third-order valence-corrected chi connectivity index (χ3v) is 7.11. The predicted molar refractivity (Wildman–Crippen MR) is 165 cm³/mol. The van der Waals surface area contributed by atoms with Crippen molar-refractivity contribution in [3.63, 3.8) is 0 Å². The average Bonchev–Trinajstić information content (AvgIpc) is 3.52. The Morgan fingerprint density at radius 2 is 0.923 bits per heavy atom. The van der Waals surface area contributed by atoms with Crippen LogP contribution in [0, 0.1) is 0 Å². The molecule has 0 bridgehead atoms. The van der Waals surface area contributed by atoms with E-state index in [-0.39, 0.29) is 63.3 Å². The van der Waals surface area contributed by atoms with Gasteiger partial charge in [0.25, 0.3) is 0 Å². The summed E-state index contributed by atoms with van der Waals surface area (Å²) in [5, 5.41) is 1.62. The van der Waals surface area contributed by atoms with E-state index in [0.29, 0.717) is 27.1 Å². The Kier molecular flexibility index (Phi) is 3.04. The Hall–Kier alpha value is -5.14. The summed E-state index contributed by atoms with van der Waals surface area (Å²) in [5.74, 6) is 0. The van der Waals surface area contributed by atoms with E-state index in [1.165, 1.54) is 24.3 Å². The number of para-hydroxylation sites is 1. The van der Waals surface area contributed by atoms with Crippen molar-refractivity contribution in [1.82, 2.24) is 0 Å².